The fraction of sp³-hybridized carbons (Fsp3) is 0.444. The number of aromatic nitrogens is 1. The van der Waals surface area contributed by atoms with E-state index in [4.69, 9.17) is 9.15 Å². The van der Waals surface area contributed by atoms with Gasteiger partial charge in [0, 0.05) is 22.4 Å². The number of carbonyl (C=O) groups excluding carboxylic acids is 1. The predicted molar refractivity (Wildman–Crippen MR) is 97.8 cm³/mol. The fourth-order valence-electron chi connectivity index (χ4n) is 2.21. The van der Waals surface area contributed by atoms with Gasteiger partial charge in [-0.3, -0.25) is 9.00 Å². The molecule has 1 aromatic heterocycles. The molecule has 136 valence electrons. The molecule has 0 saturated carbocycles. The molecule has 0 unspecified atom stereocenters. The van der Waals surface area contributed by atoms with Crippen LogP contribution >= 0.6 is 0 Å². The monoisotopic (exact) mass is 364 g/mol. The van der Waals surface area contributed by atoms with E-state index in [2.05, 4.69) is 10.3 Å². The zero-order valence-electron chi connectivity index (χ0n) is 15.0. The van der Waals surface area contributed by atoms with Crippen molar-refractivity contribution in [3.05, 3.63) is 35.7 Å². The van der Waals surface area contributed by atoms with Crippen LogP contribution in [-0.2, 0) is 21.3 Å². The number of ether oxygens (including phenoxy) is 1. The standard InChI is InChI=1S/C18H24N2O4S/c1-5-12(2)19-17(21)11-25(22)10-16-13(3)24-18(20-16)14-7-6-8-15(9-14)23-4/h6-9,12H,5,10-11H2,1-4H3,(H,19,21)/t12-,25+/m0/s1. The molecule has 1 aromatic carbocycles. The lowest BCUT2D eigenvalue weighted by molar-refractivity contribution is -0.119. The van der Waals surface area contributed by atoms with Crippen LogP contribution in [0.2, 0.25) is 0 Å². The molecule has 0 bridgehead atoms. The molecule has 7 heteroatoms. The Balaban J connectivity index is 2.04. The van der Waals surface area contributed by atoms with Crippen molar-refractivity contribution < 1.29 is 18.2 Å². The van der Waals surface area contributed by atoms with Crippen LogP contribution in [0.25, 0.3) is 11.5 Å². The largest absolute Gasteiger partial charge is 0.497 e. The summed E-state index contributed by atoms with van der Waals surface area (Å²) in [5, 5.41) is 2.81. The van der Waals surface area contributed by atoms with E-state index in [1.54, 1.807) is 14.0 Å². The van der Waals surface area contributed by atoms with Gasteiger partial charge in [0.25, 0.3) is 0 Å². The van der Waals surface area contributed by atoms with Gasteiger partial charge in [0.15, 0.2) is 0 Å². The normalized spacial score (nSPS) is 13.3. The summed E-state index contributed by atoms with van der Waals surface area (Å²) in [5.41, 5.74) is 1.39. The molecule has 0 aliphatic rings. The number of oxazole rings is 1. The van der Waals surface area contributed by atoms with Gasteiger partial charge < -0.3 is 14.5 Å². The molecule has 2 aromatic rings. The highest BCUT2D eigenvalue weighted by molar-refractivity contribution is 7.84. The van der Waals surface area contributed by atoms with E-state index in [0.29, 0.717) is 23.1 Å². The topological polar surface area (TPSA) is 81.4 Å². The van der Waals surface area contributed by atoms with Crippen molar-refractivity contribution in [1.29, 1.82) is 0 Å². The van der Waals surface area contributed by atoms with Crippen LogP contribution < -0.4 is 10.1 Å². The number of methoxy groups -OCH3 is 1. The Kier molecular flexibility index (Phi) is 6.75. The Hall–Kier alpha value is -2.15. The molecule has 1 amide bonds. The maximum absolute atomic E-state index is 12.2. The lowest BCUT2D eigenvalue weighted by atomic mass is 10.2. The average Bonchev–Trinajstić information content (AvgIpc) is 2.95. The molecular weight excluding hydrogens is 340 g/mol. The van der Waals surface area contributed by atoms with Crippen LogP contribution in [0.4, 0.5) is 0 Å². The summed E-state index contributed by atoms with van der Waals surface area (Å²) in [7, 11) is 0.258. The van der Waals surface area contributed by atoms with Gasteiger partial charge in [-0.25, -0.2) is 4.98 Å². The minimum absolute atomic E-state index is 0.0366. The summed E-state index contributed by atoms with van der Waals surface area (Å²) < 4.78 is 23.1. The molecule has 0 radical (unpaired) electrons. The van der Waals surface area contributed by atoms with Crippen molar-refractivity contribution in [2.45, 2.75) is 39.0 Å². The van der Waals surface area contributed by atoms with E-state index < -0.39 is 10.8 Å². The van der Waals surface area contributed by atoms with Crippen LogP contribution in [0.1, 0.15) is 31.7 Å². The number of nitrogens with zero attached hydrogens (tertiary/aromatic N) is 1. The van der Waals surface area contributed by atoms with Crippen LogP contribution in [-0.4, -0.2) is 34.0 Å². The first-order valence-corrected chi connectivity index (χ1v) is 9.66. The third-order valence-corrected chi connectivity index (χ3v) is 5.00. The van der Waals surface area contributed by atoms with Gasteiger partial charge in [-0.05, 0) is 38.5 Å². The number of amides is 1. The number of aryl methyl sites for hydroxylation is 1. The van der Waals surface area contributed by atoms with Gasteiger partial charge in [-0.1, -0.05) is 13.0 Å². The quantitative estimate of drug-likeness (QED) is 0.779. The van der Waals surface area contributed by atoms with E-state index in [-0.39, 0.29) is 23.5 Å². The Morgan fingerprint density at radius 3 is 2.88 bits per heavy atom. The van der Waals surface area contributed by atoms with Crippen molar-refractivity contribution in [3.63, 3.8) is 0 Å². The van der Waals surface area contributed by atoms with Crippen LogP contribution in [0, 0.1) is 6.92 Å². The highest BCUT2D eigenvalue weighted by Crippen LogP contribution is 2.25. The predicted octanol–water partition coefficient (Wildman–Crippen LogP) is 2.82. The third-order valence-electron chi connectivity index (χ3n) is 3.82. The molecule has 0 spiro atoms. The first-order valence-electron chi connectivity index (χ1n) is 8.18. The molecule has 6 nitrogen and oxygen atoms in total. The molecule has 2 rings (SSSR count). The van der Waals surface area contributed by atoms with Crippen molar-refractivity contribution in [2.75, 3.05) is 12.9 Å². The Labute approximate surface area is 150 Å². The zero-order chi connectivity index (χ0) is 18.4. The summed E-state index contributed by atoms with van der Waals surface area (Å²) in [5.74, 6) is 1.71. The summed E-state index contributed by atoms with van der Waals surface area (Å²) in [6.45, 7) is 5.69. The fourth-order valence-corrected chi connectivity index (χ4v) is 3.26. The van der Waals surface area contributed by atoms with E-state index in [0.717, 1.165) is 12.0 Å². The highest BCUT2D eigenvalue weighted by atomic mass is 32.2. The number of nitrogens with one attached hydrogen (secondary N) is 1. The van der Waals surface area contributed by atoms with Gasteiger partial charge in [0.2, 0.25) is 11.8 Å². The van der Waals surface area contributed by atoms with Crippen molar-refractivity contribution in [3.8, 4) is 17.2 Å². The third kappa shape index (κ3) is 5.42. The summed E-state index contributed by atoms with van der Waals surface area (Å²) >= 11 is 0. The number of hydrogen-bond acceptors (Lipinski definition) is 5. The second kappa shape index (κ2) is 8.80. The minimum atomic E-state index is -1.34. The molecule has 2 atom stereocenters. The molecule has 0 fully saturated rings. The lowest BCUT2D eigenvalue weighted by Crippen LogP contribution is -2.35. The van der Waals surface area contributed by atoms with E-state index >= 15 is 0 Å². The van der Waals surface area contributed by atoms with Crippen molar-refractivity contribution >= 4 is 16.7 Å². The second-order valence-electron chi connectivity index (χ2n) is 5.86. The molecule has 25 heavy (non-hydrogen) atoms. The Bertz CT molecular complexity index is 757. The first kappa shape index (κ1) is 19.2. The summed E-state index contributed by atoms with van der Waals surface area (Å²) in [6, 6.07) is 7.47. The van der Waals surface area contributed by atoms with E-state index in [1.807, 2.05) is 38.1 Å². The molecular formula is C18H24N2O4S. The maximum atomic E-state index is 12.2. The smallest absolute Gasteiger partial charge is 0.232 e. The highest BCUT2D eigenvalue weighted by Gasteiger charge is 2.17. The van der Waals surface area contributed by atoms with Gasteiger partial charge in [-0.15, -0.1) is 0 Å². The van der Waals surface area contributed by atoms with Crippen LogP contribution in [0.5, 0.6) is 5.75 Å². The second-order valence-corrected chi connectivity index (χ2v) is 7.32. The SMILES string of the molecule is CC[C@H](C)NC(=O)C[S@](=O)Cc1nc(-c2cccc(OC)c2)oc1C. The van der Waals surface area contributed by atoms with E-state index in [9.17, 15) is 9.00 Å². The van der Waals surface area contributed by atoms with Crippen LogP contribution in [0.15, 0.2) is 28.7 Å². The summed E-state index contributed by atoms with van der Waals surface area (Å²) in [6.07, 6.45) is 0.838. The van der Waals surface area contributed by atoms with Gasteiger partial charge in [0.05, 0.1) is 18.6 Å². The molecule has 0 aliphatic carbocycles. The molecule has 1 N–H and O–H groups in total. The average molecular weight is 364 g/mol. The van der Waals surface area contributed by atoms with E-state index in [1.165, 1.54) is 0 Å². The Morgan fingerprint density at radius 1 is 1.44 bits per heavy atom. The Morgan fingerprint density at radius 2 is 2.20 bits per heavy atom. The number of rotatable bonds is 8. The maximum Gasteiger partial charge on any atom is 0.232 e. The number of benzene rings is 1. The number of carbonyl (C=O) groups is 1. The van der Waals surface area contributed by atoms with Gasteiger partial charge in [-0.2, -0.15) is 0 Å². The van der Waals surface area contributed by atoms with Crippen molar-refractivity contribution in [1.82, 2.24) is 10.3 Å². The lowest BCUT2D eigenvalue weighted by Gasteiger charge is -2.10. The minimum Gasteiger partial charge on any atom is -0.497 e. The zero-order valence-corrected chi connectivity index (χ0v) is 15.8. The van der Waals surface area contributed by atoms with Crippen molar-refractivity contribution in [2.24, 2.45) is 0 Å². The van der Waals surface area contributed by atoms with Crippen LogP contribution in [0.3, 0.4) is 0 Å². The molecule has 1 heterocycles. The number of hydrogen-bond donors (Lipinski definition) is 1. The van der Waals surface area contributed by atoms with Gasteiger partial charge >= 0.3 is 0 Å². The summed E-state index contributed by atoms with van der Waals surface area (Å²) in [4.78, 5) is 16.3. The van der Waals surface area contributed by atoms with Gasteiger partial charge in [0.1, 0.15) is 17.3 Å². The molecule has 0 aliphatic heterocycles. The first-order chi connectivity index (χ1) is 11.9. The molecule has 0 saturated heterocycles.